The second kappa shape index (κ2) is 5.01. The summed E-state index contributed by atoms with van der Waals surface area (Å²) in [5, 5.41) is 3.39. The highest BCUT2D eigenvalue weighted by molar-refractivity contribution is 7.09. The van der Waals surface area contributed by atoms with Crippen LogP contribution in [0.15, 0.2) is 54.7 Å². The molecule has 0 aliphatic heterocycles. The van der Waals surface area contributed by atoms with Crippen LogP contribution in [0.3, 0.4) is 0 Å². The number of anilines is 1. The Labute approximate surface area is 109 Å². The van der Waals surface area contributed by atoms with Crippen LogP contribution >= 0.6 is 11.3 Å². The predicted molar refractivity (Wildman–Crippen MR) is 73.0 cm³/mol. The largest absolute Gasteiger partial charge is 0.380 e. The fraction of sp³-hybridized carbons (Fsp3) is 0.0769. The summed E-state index contributed by atoms with van der Waals surface area (Å²) in [6.45, 7) is 0.804. The van der Waals surface area contributed by atoms with E-state index in [1.54, 1.807) is 23.9 Å². The first kappa shape index (κ1) is 11.0. The summed E-state index contributed by atoms with van der Waals surface area (Å²) < 4.78 is 1.98. The van der Waals surface area contributed by atoms with Crippen molar-refractivity contribution in [1.29, 1.82) is 0 Å². The molecular weight excluding hydrogens is 244 g/mol. The maximum absolute atomic E-state index is 4.06. The number of rotatable bonds is 4. The Balaban J connectivity index is 1.75. The lowest BCUT2D eigenvalue weighted by atomic mass is 10.2. The van der Waals surface area contributed by atoms with Crippen LogP contribution in [0.25, 0.3) is 5.69 Å². The average Bonchev–Trinajstić information content (AvgIpc) is 3.10. The van der Waals surface area contributed by atoms with Crippen LogP contribution in [-0.4, -0.2) is 14.5 Å². The molecule has 0 atom stereocenters. The molecule has 18 heavy (non-hydrogen) atoms. The smallest absolute Gasteiger partial charge is 0.0991 e. The van der Waals surface area contributed by atoms with Crippen molar-refractivity contribution < 1.29 is 0 Å². The van der Waals surface area contributed by atoms with Gasteiger partial charge in [-0.25, -0.2) is 4.98 Å². The average molecular weight is 256 g/mol. The third kappa shape index (κ3) is 2.41. The van der Waals surface area contributed by atoms with E-state index in [1.165, 1.54) is 4.88 Å². The molecule has 0 aliphatic rings. The number of benzene rings is 1. The van der Waals surface area contributed by atoms with Gasteiger partial charge in [-0.15, -0.1) is 11.3 Å². The monoisotopic (exact) mass is 256 g/mol. The van der Waals surface area contributed by atoms with Gasteiger partial charge in [0.25, 0.3) is 0 Å². The van der Waals surface area contributed by atoms with Gasteiger partial charge in [0.1, 0.15) is 0 Å². The van der Waals surface area contributed by atoms with Crippen molar-refractivity contribution in [3.63, 3.8) is 0 Å². The number of hydrogen-bond acceptors (Lipinski definition) is 4. The maximum Gasteiger partial charge on any atom is 0.0991 e. The number of aromatic nitrogens is 3. The minimum absolute atomic E-state index is 0.804. The zero-order valence-corrected chi connectivity index (χ0v) is 10.5. The highest BCUT2D eigenvalue weighted by Gasteiger charge is 1.99. The standard InChI is InChI=1S/C13H12N4S/c1-2-11(16-8-13-7-15-10-18-13)6-12(3-1)17-5-4-14-9-17/h1-7,9-10,16H,8H2. The number of hydrogen-bond donors (Lipinski definition) is 1. The number of imidazole rings is 1. The van der Waals surface area contributed by atoms with E-state index >= 15 is 0 Å². The van der Waals surface area contributed by atoms with Crippen LogP contribution in [0.2, 0.25) is 0 Å². The Hall–Kier alpha value is -2.14. The Morgan fingerprint density at radius 2 is 2.28 bits per heavy atom. The molecule has 90 valence electrons. The molecule has 0 saturated heterocycles. The van der Waals surface area contributed by atoms with E-state index in [0.29, 0.717) is 0 Å². The molecule has 0 bridgehead atoms. The van der Waals surface area contributed by atoms with Gasteiger partial charge in [0.15, 0.2) is 0 Å². The molecule has 0 unspecified atom stereocenters. The summed E-state index contributed by atoms with van der Waals surface area (Å²) in [5.41, 5.74) is 4.04. The van der Waals surface area contributed by atoms with Crippen LogP contribution in [0, 0.1) is 0 Å². The minimum Gasteiger partial charge on any atom is -0.380 e. The zero-order chi connectivity index (χ0) is 12.2. The van der Waals surface area contributed by atoms with Crippen LogP contribution in [0.1, 0.15) is 4.88 Å². The summed E-state index contributed by atoms with van der Waals surface area (Å²) in [6.07, 6.45) is 7.39. The molecule has 3 rings (SSSR count). The summed E-state index contributed by atoms with van der Waals surface area (Å²) in [5.74, 6) is 0. The maximum atomic E-state index is 4.06. The molecule has 5 heteroatoms. The third-order valence-electron chi connectivity index (χ3n) is 2.60. The molecule has 1 N–H and O–H groups in total. The Morgan fingerprint density at radius 3 is 3.06 bits per heavy atom. The molecule has 4 nitrogen and oxygen atoms in total. The van der Waals surface area contributed by atoms with Gasteiger partial charge in [-0.3, -0.25) is 4.98 Å². The van der Waals surface area contributed by atoms with E-state index in [2.05, 4.69) is 33.5 Å². The lowest BCUT2D eigenvalue weighted by Gasteiger charge is -2.07. The van der Waals surface area contributed by atoms with Crippen molar-refractivity contribution in [3.8, 4) is 5.69 Å². The van der Waals surface area contributed by atoms with Gasteiger partial charge in [0.05, 0.1) is 18.4 Å². The van der Waals surface area contributed by atoms with E-state index in [4.69, 9.17) is 0 Å². The van der Waals surface area contributed by atoms with Crippen molar-refractivity contribution >= 4 is 17.0 Å². The summed E-state index contributed by atoms with van der Waals surface area (Å²) in [7, 11) is 0. The van der Waals surface area contributed by atoms with E-state index in [1.807, 2.05) is 28.5 Å². The van der Waals surface area contributed by atoms with Gasteiger partial charge < -0.3 is 9.88 Å². The fourth-order valence-electron chi connectivity index (χ4n) is 1.71. The van der Waals surface area contributed by atoms with E-state index in [0.717, 1.165) is 17.9 Å². The molecule has 0 fully saturated rings. The van der Waals surface area contributed by atoms with Gasteiger partial charge in [-0.05, 0) is 18.2 Å². The van der Waals surface area contributed by atoms with Gasteiger partial charge in [-0.2, -0.15) is 0 Å². The second-order valence-electron chi connectivity index (χ2n) is 3.84. The predicted octanol–water partition coefficient (Wildman–Crippen LogP) is 2.94. The first-order valence-corrected chi connectivity index (χ1v) is 6.49. The van der Waals surface area contributed by atoms with Crippen LogP contribution < -0.4 is 5.32 Å². The molecule has 0 radical (unpaired) electrons. The van der Waals surface area contributed by atoms with Crippen LogP contribution in [0.5, 0.6) is 0 Å². The minimum atomic E-state index is 0.804. The Bertz CT molecular complexity index is 602. The molecule has 3 aromatic rings. The molecule has 0 spiro atoms. The number of nitrogens with one attached hydrogen (secondary N) is 1. The Morgan fingerprint density at radius 1 is 1.28 bits per heavy atom. The zero-order valence-electron chi connectivity index (χ0n) is 9.65. The van der Waals surface area contributed by atoms with E-state index in [-0.39, 0.29) is 0 Å². The van der Waals surface area contributed by atoms with Gasteiger partial charge in [-0.1, -0.05) is 6.07 Å². The molecule has 0 aliphatic carbocycles. The summed E-state index contributed by atoms with van der Waals surface area (Å²) >= 11 is 1.66. The van der Waals surface area contributed by atoms with Gasteiger partial charge >= 0.3 is 0 Å². The van der Waals surface area contributed by atoms with Gasteiger partial charge in [0, 0.05) is 34.8 Å². The van der Waals surface area contributed by atoms with Crippen molar-refractivity contribution in [1.82, 2.24) is 14.5 Å². The van der Waals surface area contributed by atoms with Crippen LogP contribution in [-0.2, 0) is 6.54 Å². The van der Waals surface area contributed by atoms with Crippen molar-refractivity contribution in [2.75, 3.05) is 5.32 Å². The molecule has 1 aromatic carbocycles. The highest BCUT2D eigenvalue weighted by atomic mass is 32.1. The van der Waals surface area contributed by atoms with Gasteiger partial charge in [0.2, 0.25) is 0 Å². The second-order valence-corrected chi connectivity index (χ2v) is 4.81. The SMILES string of the molecule is c1cc(NCc2cncs2)cc(-n2ccnc2)c1. The normalized spacial score (nSPS) is 10.4. The fourth-order valence-corrected chi connectivity index (χ4v) is 2.24. The van der Waals surface area contributed by atoms with Crippen molar-refractivity contribution in [2.24, 2.45) is 0 Å². The number of thiazole rings is 1. The highest BCUT2D eigenvalue weighted by Crippen LogP contribution is 2.16. The van der Waals surface area contributed by atoms with Crippen LogP contribution in [0.4, 0.5) is 5.69 Å². The summed E-state index contributed by atoms with van der Waals surface area (Å²) in [6, 6.07) is 8.24. The summed E-state index contributed by atoms with van der Waals surface area (Å²) in [4.78, 5) is 9.33. The lowest BCUT2D eigenvalue weighted by molar-refractivity contribution is 1.05. The molecule has 2 aromatic heterocycles. The third-order valence-corrected chi connectivity index (χ3v) is 3.38. The lowest BCUT2D eigenvalue weighted by Crippen LogP contribution is -1.98. The van der Waals surface area contributed by atoms with Crippen molar-refractivity contribution in [3.05, 3.63) is 59.6 Å². The topological polar surface area (TPSA) is 42.7 Å². The molecule has 0 amide bonds. The first-order valence-electron chi connectivity index (χ1n) is 5.61. The molecule has 0 saturated carbocycles. The molecular formula is C13H12N4S. The molecule has 2 heterocycles. The van der Waals surface area contributed by atoms with E-state index < -0.39 is 0 Å². The Kier molecular flexibility index (Phi) is 3.06. The van der Waals surface area contributed by atoms with E-state index in [9.17, 15) is 0 Å². The van der Waals surface area contributed by atoms with Crippen molar-refractivity contribution in [2.45, 2.75) is 6.54 Å². The first-order chi connectivity index (χ1) is 8.92. The quantitative estimate of drug-likeness (QED) is 0.780. The number of nitrogens with zero attached hydrogens (tertiary/aromatic N) is 3.